The molecule has 2 nitrogen and oxygen atoms in total. The largest absolute Gasteiger partial charge is 0.508 e. The van der Waals surface area contributed by atoms with Crippen molar-refractivity contribution < 1.29 is 5.11 Å². The van der Waals surface area contributed by atoms with Gasteiger partial charge in [0.05, 0.1) is 0 Å². The van der Waals surface area contributed by atoms with Crippen LogP contribution in [0.5, 0.6) is 5.75 Å². The molecule has 2 aromatic rings. The standard InChI is InChI=1S/C15H16O.H3N/c1-12(14-5-3-2-4-6-14)11-13-7-9-15(16)10-8-13;/h2-10,12,16H,11H2,1H3;1H3. The van der Waals surface area contributed by atoms with Gasteiger partial charge in [0.25, 0.3) is 0 Å². The third-order valence-electron chi connectivity index (χ3n) is 2.85. The monoisotopic (exact) mass is 229 g/mol. The van der Waals surface area contributed by atoms with Gasteiger partial charge in [0.15, 0.2) is 0 Å². The van der Waals surface area contributed by atoms with Gasteiger partial charge in [-0.05, 0) is 35.6 Å². The molecule has 1 unspecified atom stereocenters. The maximum absolute atomic E-state index is 9.21. The second-order valence-electron chi connectivity index (χ2n) is 4.18. The highest BCUT2D eigenvalue weighted by molar-refractivity contribution is 5.28. The van der Waals surface area contributed by atoms with E-state index in [0.29, 0.717) is 11.7 Å². The van der Waals surface area contributed by atoms with Gasteiger partial charge < -0.3 is 11.3 Å². The summed E-state index contributed by atoms with van der Waals surface area (Å²) in [5.74, 6) is 0.835. The maximum atomic E-state index is 9.21. The lowest BCUT2D eigenvalue weighted by molar-refractivity contribution is 0.475. The molecule has 4 N–H and O–H groups in total. The quantitative estimate of drug-likeness (QED) is 0.838. The minimum atomic E-state index is 0. The Hall–Kier alpha value is -1.80. The summed E-state index contributed by atoms with van der Waals surface area (Å²) in [6.45, 7) is 2.22. The summed E-state index contributed by atoms with van der Waals surface area (Å²) in [5.41, 5.74) is 2.62. The predicted molar refractivity (Wildman–Crippen MR) is 71.7 cm³/mol. The molecule has 0 fully saturated rings. The van der Waals surface area contributed by atoms with Crippen LogP contribution in [-0.2, 0) is 6.42 Å². The topological polar surface area (TPSA) is 55.2 Å². The van der Waals surface area contributed by atoms with Crippen LogP contribution in [0.3, 0.4) is 0 Å². The Labute approximate surface area is 103 Å². The average molecular weight is 229 g/mol. The third-order valence-corrected chi connectivity index (χ3v) is 2.85. The van der Waals surface area contributed by atoms with Crippen LogP contribution in [0.1, 0.15) is 24.0 Å². The van der Waals surface area contributed by atoms with Crippen molar-refractivity contribution in [2.45, 2.75) is 19.3 Å². The smallest absolute Gasteiger partial charge is 0.115 e. The zero-order valence-electron chi connectivity index (χ0n) is 10.1. The Morgan fingerprint density at radius 2 is 1.53 bits per heavy atom. The fourth-order valence-corrected chi connectivity index (χ4v) is 1.89. The summed E-state index contributed by atoms with van der Waals surface area (Å²) in [6.07, 6.45) is 1.00. The van der Waals surface area contributed by atoms with E-state index in [1.165, 1.54) is 11.1 Å². The minimum Gasteiger partial charge on any atom is -0.508 e. The number of hydrogen-bond acceptors (Lipinski definition) is 2. The van der Waals surface area contributed by atoms with E-state index in [9.17, 15) is 5.11 Å². The second-order valence-corrected chi connectivity index (χ2v) is 4.18. The lowest BCUT2D eigenvalue weighted by atomic mass is 9.94. The molecule has 0 bridgehead atoms. The van der Waals surface area contributed by atoms with Crippen LogP contribution in [0, 0.1) is 0 Å². The van der Waals surface area contributed by atoms with Gasteiger partial charge in [-0.15, -0.1) is 0 Å². The van der Waals surface area contributed by atoms with Gasteiger partial charge in [-0.25, -0.2) is 0 Å². The van der Waals surface area contributed by atoms with Crippen LogP contribution in [0.2, 0.25) is 0 Å². The van der Waals surface area contributed by atoms with Gasteiger partial charge >= 0.3 is 0 Å². The molecule has 0 amide bonds. The summed E-state index contributed by atoms with van der Waals surface area (Å²) < 4.78 is 0. The average Bonchev–Trinajstić information content (AvgIpc) is 2.33. The van der Waals surface area contributed by atoms with Crippen molar-refractivity contribution in [1.29, 1.82) is 0 Å². The summed E-state index contributed by atoms with van der Waals surface area (Å²) >= 11 is 0. The van der Waals surface area contributed by atoms with Crippen LogP contribution in [0.25, 0.3) is 0 Å². The van der Waals surface area contributed by atoms with Crippen molar-refractivity contribution in [3.8, 4) is 5.75 Å². The maximum Gasteiger partial charge on any atom is 0.115 e. The van der Waals surface area contributed by atoms with E-state index >= 15 is 0 Å². The van der Waals surface area contributed by atoms with Crippen molar-refractivity contribution in [2.24, 2.45) is 0 Å². The molecule has 0 radical (unpaired) electrons. The van der Waals surface area contributed by atoms with Crippen LogP contribution in [-0.4, -0.2) is 5.11 Å². The van der Waals surface area contributed by atoms with Gasteiger partial charge in [0.1, 0.15) is 5.75 Å². The molecule has 2 aromatic carbocycles. The molecule has 0 spiro atoms. The van der Waals surface area contributed by atoms with Gasteiger partial charge in [-0.3, -0.25) is 0 Å². The molecule has 0 aliphatic carbocycles. The fourth-order valence-electron chi connectivity index (χ4n) is 1.89. The molecule has 0 aliphatic heterocycles. The Balaban J connectivity index is 0.00000144. The van der Waals surface area contributed by atoms with Crippen LogP contribution in [0.4, 0.5) is 0 Å². The zero-order valence-corrected chi connectivity index (χ0v) is 10.1. The Morgan fingerprint density at radius 3 is 2.12 bits per heavy atom. The Kier molecular flexibility index (Phi) is 4.73. The molecule has 17 heavy (non-hydrogen) atoms. The van der Waals surface area contributed by atoms with Crippen LogP contribution < -0.4 is 6.15 Å². The van der Waals surface area contributed by atoms with Crippen molar-refractivity contribution in [1.82, 2.24) is 6.15 Å². The molecule has 0 heterocycles. The molecular formula is C15H19NO. The normalized spacial score (nSPS) is 11.6. The summed E-state index contributed by atoms with van der Waals surface area (Å²) in [5, 5.41) is 9.21. The highest BCUT2D eigenvalue weighted by Crippen LogP contribution is 2.21. The number of benzene rings is 2. The van der Waals surface area contributed by atoms with Crippen molar-refractivity contribution in [3.63, 3.8) is 0 Å². The molecule has 1 atom stereocenters. The van der Waals surface area contributed by atoms with E-state index in [1.807, 2.05) is 18.2 Å². The van der Waals surface area contributed by atoms with Gasteiger partial charge in [-0.2, -0.15) is 0 Å². The first-order valence-corrected chi connectivity index (χ1v) is 5.58. The molecule has 0 aliphatic rings. The number of rotatable bonds is 3. The number of phenols is 1. The Morgan fingerprint density at radius 1 is 0.941 bits per heavy atom. The van der Waals surface area contributed by atoms with E-state index in [2.05, 4.69) is 31.2 Å². The lowest BCUT2D eigenvalue weighted by Gasteiger charge is -2.11. The van der Waals surface area contributed by atoms with E-state index < -0.39 is 0 Å². The van der Waals surface area contributed by atoms with Crippen molar-refractivity contribution in [3.05, 3.63) is 65.7 Å². The minimum absolute atomic E-state index is 0. The number of aromatic hydroxyl groups is 1. The van der Waals surface area contributed by atoms with E-state index in [-0.39, 0.29) is 6.15 Å². The van der Waals surface area contributed by atoms with E-state index in [4.69, 9.17) is 0 Å². The first-order chi connectivity index (χ1) is 7.75. The lowest BCUT2D eigenvalue weighted by Crippen LogP contribution is -1.97. The number of phenolic OH excluding ortho intramolecular Hbond substituents is 1. The van der Waals surface area contributed by atoms with Gasteiger partial charge in [-0.1, -0.05) is 49.4 Å². The zero-order chi connectivity index (χ0) is 11.4. The highest BCUT2D eigenvalue weighted by Gasteiger charge is 2.05. The second kappa shape index (κ2) is 6.06. The Bertz CT molecular complexity index is 436. The summed E-state index contributed by atoms with van der Waals surface area (Å²) in [7, 11) is 0. The molecule has 2 rings (SSSR count). The van der Waals surface area contributed by atoms with Gasteiger partial charge in [0, 0.05) is 0 Å². The fraction of sp³-hybridized carbons (Fsp3) is 0.200. The van der Waals surface area contributed by atoms with E-state index in [1.54, 1.807) is 12.1 Å². The first-order valence-electron chi connectivity index (χ1n) is 5.58. The highest BCUT2D eigenvalue weighted by atomic mass is 16.3. The van der Waals surface area contributed by atoms with Crippen molar-refractivity contribution >= 4 is 0 Å². The molecule has 2 heteroatoms. The summed E-state index contributed by atoms with van der Waals surface area (Å²) in [6, 6.07) is 17.9. The van der Waals surface area contributed by atoms with Crippen molar-refractivity contribution in [2.75, 3.05) is 0 Å². The number of hydrogen-bond donors (Lipinski definition) is 2. The van der Waals surface area contributed by atoms with E-state index in [0.717, 1.165) is 6.42 Å². The molecular weight excluding hydrogens is 210 g/mol. The molecule has 90 valence electrons. The van der Waals surface area contributed by atoms with Crippen LogP contribution in [0.15, 0.2) is 54.6 Å². The molecule has 0 saturated heterocycles. The SMILES string of the molecule is CC(Cc1ccc(O)cc1)c1ccccc1.N. The third kappa shape index (κ3) is 3.61. The van der Waals surface area contributed by atoms with Crippen LogP contribution >= 0.6 is 0 Å². The molecule has 0 aromatic heterocycles. The summed E-state index contributed by atoms with van der Waals surface area (Å²) in [4.78, 5) is 0. The van der Waals surface area contributed by atoms with Gasteiger partial charge in [0.2, 0.25) is 0 Å². The predicted octanol–water partition coefficient (Wildman–Crippen LogP) is 3.90. The molecule has 0 saturated carbocycles. The first kappa shape index (κ1) is 13.3.